The third kappa shape index (κ3) is 4.08. The van der Waals surface area contributed by atoms with Crippen molar-refractivity contribution in [1.82, 2.24) is 5.43 Å². The normalized spacial score (nSPS) is 11.5. The van der Waals surface area contributed by atoms with Gasteiger partial charge in [-0.25, -0.2) is 10.2 Å². The van der Waals surface area contributed by atoms with Crippen LogP contribution in [-0.4, -0.2) is 12.4 Å². The molecule has 1 aromatic rings. The van der Waals surface area contributed by atoms with Crippen LogP contribution < -0.4 is 11.3 Å². The maximum absolute atomic E-state index is 12.6. The molecule has 82 valence electrons. The van der Waals surface area contributed by atoms with E-state index in [1.165, 1.54) is 12.1 Å². The van der Waals surface area contributed by atoms with Crippen LogP contribution in [0.25, 0.3) is 0 Å². The Kier molecular flexibility index (Phi) is 4.77. The van der Waals surface area contributed by atoms with Gasteiger partial charge in [0.25, 0.3) is 0 Å². The van der Waals surface area contributed by atoms with Crippen molar-refractivity contribution in [1.29, 1.82) is 0 Å². The Morgan fingerprint density at radius 3 is 2.60 bits per heavy atom. The van der Waals surface area contributed by atoms with Crippen molar-refractivity contribution in [2.75, 3.05) is 6.54 Å². The van der Waals surface area contributed by atoms with E-state index in [1.54, 1.807) is 12.1 Å². The summed E-state index contributed by atoms with van der Waals surface area (Å²) in [6, 6.07) is 6.33. The average molecular weight is 209 g/mol. The molecule has 0 amide bonds. The number of nitrogens with one attached hydrogen (secondary N) is 1. The van der Waals surface area contributed by atoms with E-state index < -0.39 is 0 Å². The number of amidine groups is 1. The Balaban J connectivity index is 2.62. The summed E-state index contributed by atoms with van der Waals surface area (Å²) in [7, 11) is 0. The van der Waals surface area contributed by atoms with Crippen molar-refractivity contribution in [3.63, 3.8) is 0 Å². The standard InChI is InChI=1S/C11H16FN3/c1-2-7-14-11(15-13)8-9-3-5-10(12)6-4-9/h3-6H,2,7-8,13H2,1H3,(H,14,15). The summed E-state index contributed by atoms with van der Waals surface area (Å²) in [5.74, 6) is 5.83. The van der Waals surface area contributed by atoms with Gasteiger partial charge in [0, 0.05) is 13.0 Å². The maximum Gasteiger partial charge on any atom is 0.123 e. The number of rotatable bonds is 4. The van der Waals surface area contributed by atoms with Gasteiger partial charge in [-0.1, -0.05) is 19.1 Å². The van der Waals surface area contributed by atoms with Gasteiger partial charge in [0.1, 0.15) is 11.7 Å². The summed E-state index contributed by atoms with van der Waals surface area (Å²) in [5, 5.41) is 0. The van der Waals surface area contributed by atoms with E-state index in [4.69, 9.17) is 5.84 Å². The lowest BCUT2D eigenvalue weighted by Crippen LogP contribution is -2.32. The molecule has 0 unspecified atom stereocenters. The highest BCUT2D eigenvalue weighted by molar-refractivity contribution is 5.83. The maximum atomic E-state index is 12.6. The molecule has 3 N–H and O–H groups in total. The number of hydrazine groups is 1. The highest BCUT2D eigenvalue weighted by atomic mass is 19.1. The molecule has 0 spiro atoms. The molecule has 15 heavy (non-hydrogen) atoms. The molecule has 1 rings (SSSR count). The molecular weight excluding hydrogens is 193 g/mol. The molecule has 0 heterocycles. The molecule has 4 heteroatoms. The van der Waals surface area contributed by atoms with Gasteiger partial charge in [-0.15, -0.1) is 0 Å². The number of hydrogen-bond acceptors (Lipinski definition) is 2. The second kappa shape index (κ2) is 6.14. The minimum Gasteiger partial charge on any atom is -0.312 e. The SMILES string of the molecule is CCCN=C(Cc1ccc(F)cc1)NN. The molecule has 0 bridgehead atoms. The van der Waals surface area contributed by atoms with E-state index in [0.29, 0.717) is 6.42 Å². The van der Waals surface area contributed by atoms with E-state index in [1.807, 2.05) is 0 Å². The minimum absolute atomic E-state index is 0.230. The minimum atomic E-state index is -0.230. The molecular formula is C11H16FN3. The lowest BCUT2D eigenvalue weighted by atomic mass is 10.1. The van der Waals surface area contributed by atoms with Crippen LogP contribution in [0.2, 0.25) is 0 Å². The Labute approximate surface area is 89.2 Å². The van der Waals surface area contributed by atoms with Gasteiger partial charge in [0.15, 0.2) is 0 Å². The smallest absolute Gasteiger partial charge is 0.123 e. The quantitative estimate of drug-likeness (QED) is 0.343. The molecule has 0 aliphatic carbocycles. The lowest BCUT2D eigenvalue weighted by molar-refractivity contribution is 0.627. The highest BCUT2D eigenvalue weighted by Crippen LogP contribution is 2.03. The van der Waals surface area contributed by atoms with Gasteiger partial charge < -0.3 is 5.43 Å². The summed E-state index contributed by atoms with van der Waals surface area (Å²) in [4.78, 5) is 4.27. The Hall–Kier alpha value is -1.42. The fourth-order valence-corrected chi connectivity index (χ4v) is 1.19. The van der Waals surface area contributed by atoms with E-state index in [9.17, 15) is 4.39 Å². The van der Waals surface area contributed by atoms with E-state index in [2.05, 4.69) is 17.3 Å². The Bertz CT molecular complexity index is 319. The third-order valence-electron chi connectivity index (χ3n) is 1.98. The topological polar surface area (TPSA) is 50.4 Å². The number of nitrogens with zero attached hydrogens (tertiary/aromatic N) is 1. The average Bonchev–Trinajstić information content (AvgIpc) is 2.27. The van der Waals surface area contributed by atoms with E-state index in [0.717, 1.165) is 24.4 Å². The summed E-state index contributed by atoms with van der Waals surface area (Å²) in [6.07, 6.45) is 1.59. The second-order valence-corrected chi connectivity index (χ2v) is 3.28. The van der Waals surface area contributed by atoms with Crippen molar-refractivity contribution in [2.45, 2.75) is 19.8 Å². The zero-order valence-corrected chi connectivity index (χ0v) is 8.83. The van der Waals surface area contributed by atoms with Gasteiger partial charge in [0.2, 0.25) is 0 Å². The van der Waals surface area contributed by atoms with Crippen LogP contribution in [0, 0.1) is 5.82 Å². The van der Waals surface area contributed by atoms with Gasteiger partial charge >= 0.3 is 0 Å². The van der Waals surface area contributed by atoms with Crippen LogP contribution in [0.1, 0.15) is 18.9 Å². The highest BCUT2D eigenvalue weighted by Gasteiger charge is 1.99. The third-order valence-corrected chi connectivity index (χ3v) is 1.98. The molecule has 0 aliphatic rings. The van der Waals surface area contributed by atoms with Crippen LogP contribution in [0.5, 0.6) is 0 Å². The van der Waals surface area contributed by atoms with Crippen molar-refractivity contribution >= 4 is 5.84 Å². The van der Waals surface area contributed by atoms with E-state index in [-0.39, 0.29) is 5.82 Å². The predicted molar refractivity (Wildman–Crippen MR) is 60.0 cm³/mol. The number of nitrogens with two attached hydrogens (primary N) is 1. The molecule has 0 saturated carbocycles. The molecule has 0 aromatic heterocycles. The van der Waals surface area contributed by atoms with Crippen molar-refractivity contribution in [3.05, 3.63) is 35.6 Å². The van der Waals surface area contributed by atoms with Gasteiger partial charge in [0.05, 0.1) is 0 Å². The van der Waals surface area contributed by atoms with Gasteiger partial charge in [-0.3, -0.25) is 4.99 Å². The van der Waals surface area contributed by atoms with Gasteiger partial charge in [-0.05, 0) is 24.1 Å². The van der Waals surface area contributed by atoms with Crippen LogP contribution in [0.3, 0.4) is 0 Å². The largest absolute Gasteiger partial charge is 0.312 e. The summed E-state index contributed by atoms with van der Waals surface area (Å²) in [6.45, 7) is 2.80. The molecule has 1 aromatic carbocycles. The predicted octanol–water partition coefficient (Wildman–Crippen LogP) is 1.64. The number of aliphatic imine (C=N–C) groups is 1. The number of halogens is 1. The second-order valence-electron chi connectivity index (χ2n) is 3.28. The van der Waals surface area contributed by atoms with Crippen molar-refractivity contribution in [2.24, 2.45) is 10.8 Å². The van der Waals surface area contributed by atoms with Crippen LogP contribution in [0.4, 0.5) is 4.39 Å². The summed E-state index contributed by atoms with van der Waals surface area (Å²) < 4.78 is 12.6. The Morgan fingerprint density at radius 1 is 1.40 bits per heavy atom. The van der Waals surface area contributed by atoms with E-state index >= 15 is 0 Å². The number of hydrogen-bond donors (Lipinski definition) is 2. The van der Waals surface area contributed by atoms with Crippen LogP contribution in [-0.2, 0) is 6.42 Å². The first-order valence-electron chi connectivity index (χ1n) is 5.00. The summed E-state index contributed by atoms with van der Waals surface area (Å²) >= 11 is 0. The molecule has 0 aliphatic heterocycles. The van der Waals surface area contributed by atoms with Gasteiger partial charge in [-0.2, -0.15) is 0 Å². The van der Waals surface area contributed by atoms with Crippen molar-refractivity contribution in [3.8, 4) is 0 Å². The molecule has 0 atom stereocenters. The molecule has 0 fully saturated rings. The first-order valence-corrected chi connectivity index (χ1v) is 5.00. The van der Waals surface area contributed by atoms with Crippen molar-refractivity contribution < 1.29 is 4.39 Å². The molecule has 3 nitrogen and oxygen atoms in total. The Morgan fingerprint density at radius 2 is 2.07 bits per heavy atom. The fourth-order valence-electron chi connectivity index (χ4n) is 1.19. The monoisotopic (exact) mass is 209 g/mol. The van der Waals surface area contributed by atoms with Crippen LogP contribution in [0.15, 0.2) is 29.3 Å². The summed E-state index contributed by atoms with van der Waals surface area (Å²) in [5.41, 5.74) is 3.55. The lowest BCUT2D eigenvalue weighted by Gasteiger charge is -2.05. The fraction of sp³-hybridized carbons (Fsp3) is 0.364. The zero-order chi connectivity index (χ0) is 11.1. The molecule has 0 saturated heterocycles. The molecule has 0 radical (unpaired) electrons. The first kappa shape index (κ1) is 11.7. The first-order chi connectivity index (χ1) is 7.26. The number of benzene rings is 1. The zero-order valence-electron chi connectivity index (χ0n) is 8.83. The van der Waals surface area contributed by atoms with Crippen LogP contribution >= 0.6 is 0 Å².